The summed E-state index contributed by atoms with van der Waals surface area (Å²) in [7, 11) is -0.766. The molecule has 11 heteroatoms. The Balaban J connectivity index is 2.02. The molecule has 0 aliphatic rings. The minimum Gasteiger partial charge on any atom is -0.328 e. The average molecular weight is 381 g/mol. The molecular weight excluding hydrogens is 358 g/mol. The minimum absolute atomic E-state index is 0.340. The van der Waals surface area contributed by atoms with Gasteiger partial charge in [0.2, 0.25) is 0 Å². The SMILES string of the molecule is CCn1ncnc1C(C)NC(=O)Nc1cccc(NS(=O)(=O)N(C)C)c1. The molecule has 2 amide bonds. The van der Waals surface area contributed by atoms with Crippen LogP contribution >= 0.6 is 0 Å². The van der Waals surface area contributed by atoms with E-state index in [4.69, 9.17) is 0 Å². The summed E-state index contributed by atoms with van der Waals surface area (Å²) in [6.07, 6.45) is 1.44. The van der Waals surface area contributed by atoms with Gasteiger partial charge in [-0.1, -0.05) is 6.07 Å². The molecular formula is C15H23N7O3S. The number of hydrogen-bond acceptors (Lipinski definition) is 5. The fourth-order valence-electron chi connectivity index (χ4n) is 2.18. The van der Waals surface area contributed by atoms with Crippen molar-refractivity contribution in [3.63, 3.8) is 0 Å². The van der Waals surface area contributed by atoms with Crippen molar-refractivity contribution in [1.29, 1.82) is 0 Å². The number of hydrogen-bond donors (Lipinski definition) is 3. The lowest BCUT2D eigenvalue weighted by Crippen LogP contribution is -2.32. The second kappa shape index (κ2) is 8.15. The van der Waals surface area contributed by atoms with Crippen LogP contribution in [0.1, 0.15) is 25.7 Å². The lowest BCUT2D eigenvalue weighted by atomic mass is 10.3. The molecule has 2 rings (SSSR count). The highest BCUT2D eigenvalue weighted by molar-refractivity contribution is 7.90. The second-order valence-corrected chi connectivity index (χ2v) is 7.61. The van der Waals surface area contributed by atoms with Crippen LogP contribution < -0.4 is 15.4 Å². The van der Waals surface area contributed by atoms with Gasteiger partial charge in [-0.05, 0) is 32.0 Å². The fraction of sp³-hybridized carbons (Fsp3) is 0.400. The Labute approximate surface area is 152 Å². The van der Waals surface area contributed by atoms with Gasteiger partial charge in [-0.3, -0.25) is 4.72 Å². The maximum Gasteiger partial charge on any atom is 0.319 e. The molecule has 1 atom stereocenters. The van der Waals surface area contributed by atoms with Crippen molar-refractivity contribution < 1.29 is 13.2 Å². The molecule has 0 saturated carbocycles. The zero-order valence-corrected chi connectivity index (χ0v) is 15.9. The predicted octanol–water partition coefficient (Wildman–Crippen LogP) is 1.40. The summed E-state index contributed by atoms with van der Waals surface area (Å²) >= 11 is 0. The van der Waals surface area contributed by atoms with E-state index in [2.05, 4.69) is 25.4 Å². The molecule has 26 heavy (non-hydrogen) atoms. The van der Waals surface area contributed by atoms with Crippen molar-refractivity contribution in [1.82, 2.24) is 24.4 Å². The number of carbonyl (C=O) groups is 1. The summed E-state index contributed by atoms with van der Waals surface area (Å²) < 4.78 is 28.9. The van der Waals surface area contributed by atoms with E-state index < -0.39 is 16.2 Å². The van der Waals surface area contributed by atoms with Crippen LogP contribution in [0.25, 0.3) is 0 Å². The number of nitrogens with one attached hydrogen (secondary N) is 3. The molecule has 0 spiro atoms. The molecule has 0 fully saturated rings. The monoisotopic (exact) mass is 381 g/mol. The largest absolute Gasteiger partial charge is 0.328 e. The summed E-state index contributed by atoms with van der Waals surface area (Å²) in [4.78, 5) is 16.3. The molecule has 0 radical (unpaired) electrons. The molecule has 1 unspecified atom stereocenters. The van der Waals surface area contributed by atoms with Gasteiger partial charge in [0, 0.05) is 26.3 Å². The van der Waals surface area contributed by atoms with E-state index in [1.807, 2.05) is 6.92 Å². The zero-order valence-electron chi connectivity index (χ0n) is 15.1. The summed E-state index contributed by atoms with van der Waals surface area (Å²) in [6.45, 7) is 4.39. The van der Waals surface area contributed by atoms with Crippen LogP contribution in [-0.4, -0.2) is 47.6 Å². The van der Waals surface area contributed by atoms with Crippen molar-refractivity contribution in [3.05, 3.63) is 36.4 Å². The lowest BCUT2D eigenvalue weighted by molar-refractivity contribution is 0.248. The van der Waals surface area contributed by atoms with E-state index in [0.29, 0.717) is 23.7 Å². The molecule has 1 aromatic heterocycles. The van der Waals surface area contributed by atoms with Crippen molar-refractivity contribution in [2.45, 2.75) is 26.4 Å². The number of carbonyl (C=O) groups excluding carboxylic acids is 1. The lowest BCUT2D eigenvalue weighted by Gasteiger charge is -2.16. The quantitative estimate of drug-likeness (QED) is 0.669. The summed E-state index contributed by atoms with van der Waals surface area (Å²) in [5, 5.41) is 9.51. The van der Waals surface area contributed by atoms with Crippen molar-refractivity contribution in [2.75, 3.05) is 24.1 Å². The topological polar surface area (TPSA) is 121 Å². The first-order chi connectivity index (χ1) is 12.2. The third-order valence-corrected chi connectivity index (χ3v) is 4.98. The van der Waals surface area contributed by atoms with Crippen LogP contribution in [0.5, 0.6) is 0 Å². The first kappa shape index (κ1) is 19.7. The van der Waals surface area contributed by atoms with Gasteiger partial charge in [-0.15, -0.1) is 0 Å². The van der Waals surface area contributed by atoms with E-state index in [0.717, 1.165) is 4.31 Å². The van der Waals surface area contributed by atoms with Gasteiger partial charge < -0.3 is 10.6 Å². The number of rotatable bonds is 7. The standard InChI is InChI=1S/C15H23N7O3S/c1-5-22-14(16-10-17-22)11(2)18-15(23)19-12-7-6-8-13(9-12)20-26(24,25)21(3)4/h6-11,20H,5H2,1-4H3,(H2,18,19,23). The number of nitrogens with zero attached hydrogens (tertiary/aromatic N) is 4. The molecule has 0 aliphatic heterocycles. The van der Waals surface area contributed by atoms with Crippen molar-refractivity contribution >= 4 is 27.6 Å². The van der Waals surface area contributed by atoms with Crippen LogP contribution in [0.15, 0.2) is 30.6 Å². The van der Waals surface area contributed by atoms with E-state index >= 15 is 0 Å². The summed E-state index contributed by atoms with van der Waals surface area (Å²) in [5.41, 5.74) is 0.792. The maximum absolute atomic E-state index is 12.2. The molecule has 1 heterocycles. The molecule has 10 nitrogen and oxygen atoms in total. The zero-order chi connectivity index (χ0) is 19.3. The summed E-state index contributed by atoms with van der Waals surface area (Å²) in [5.74, 6) is 0.648. The molecule has 0 saturated heterocycles. The van der Waals surface area contributed by atoms with Crippen LogP contribution in [0.2, 0.25) is 0 Å². The molecule has 3 N–H and O–H groups in total. The molecule has 0 bridgehead atoms. The number of benzene rings is 1. The first-order valence-electron chi connectivity index (χ1n) is 7.98. The number of amides is 2. The van der Waals surface area contributed by atoms with Gasteiger partial charge in [0.1, 0.15) is 12.2 Å². The van der Waals surface area contributed by atoms with Gasteiger partial charge in [0.15, 0.2) is 0 Å². The van der Waals surface area contributed by atoms with Gasteiger partial charge in [-0.2, -0.15) is 17.8 Å². The third-order valence-electron chi connectivity index (χ3n) is 3.53. The van der Waals surface area contributed by atoms with E-state index in [1.54, 1.807) is 29.8 Å². The van der Waals surface area contributed by atoms with E-state index in [-0.39, 0.29) is 6.04 Å². The van der Waals surface area contributed by atoms with Gasteiger partial charge >= 0.3 is 16.2 Å². The highest BCUT2D eigenvalue weighted by Gasteiger charge is 2.16. The van der Waals surface area contributed by atoms with Gasteiger partial charge in [0.25, 0.3) is 0 Å². The van der Waals surface area contributed by atoms with Crippen LogP contribution in [0.3, 0.4) is 0 Å². The number of anilines is 2. The second-order valence-electron chi connectivity index (χ2n) is 5.72. The molecule has 0 aliphatic carbocycles. The fourth-order valence-corrected chi connectivity index (χ4v) is 2.79. The highest BCUT2D eigenvalue weighted by Crippen LogP contribution is 2.17. The first-order valence-corrected chi connectivity index (χ1v) is 9.42. The third kappa shape index (κ3) is 4.92. The van der Waals surface area contributed by atoms with E-state index in [1.165, 1.54) is 26.5 Å². The Morgan fingerprint density at radius 2 is 2.00 bits per heavy atom. The molecule has 2 aromatic rings. The molecule has 142 valence electrons. The van der Waals surface area contributed by atoms with Crippen molar-refractivity contribution in [3.8, 4) is 0 Å². The summed E-state index contributed by atoms with van der Waals surface area (Å²) in [6, 6.07) is 5.65. The normalized spacial score (nSPS) is 12.7. The minimum atomic E-state index is -3.62. The van der Waals surface area contributed by atoms with Crippen LogP contribution in [0, 0.1) is 0 Å². The maximum atomic E-state index is 12.2. The number of aryl methyl sites for hydroxylation is 1. The Morgan fingerprint density at radius 1 is 1.31 bits per heavy atom. The molecule has 1 aromatic carbocycles. The van der Waals surface area contributed by atoms with E-state index in [9.17, 15) is 13.2 Å². The van der Waals surface area contributed by atoms with Crippen LogP contribution in [-0.2, 0) is 16.8 Å². The Bertz CT molecular complexity index is 864. The van der Waals surface area contributed by atoms with Crippen molar-refractivity contribution in [2.24, 2.45) is 0 Å². The van der Waals surface area contributed by atoms with Gasteiger partial charge in [-0.25, -0.2) is 14.5 Å². The van der Waals surface area contributed by atoms with Gasteiger partial charge in [0.05, 0.1) is 11.7 Å². The average Bonchev–Trinajstić information content (AvgIpc) is 3.03. The number of aromatic nitrogens is 3. The smallest absolute Gasteiger partial charge is 0.319 e. The van der Waals surface area contributed by atoms with Crippen LogP contribution in [0.4, 0.5) is 16.2 Å². The number of urea groups is 1. The Hall–Kier alpha value is -2.66. The Morgan fingerprint density at radius 3 is 2.65 bits per heavy atom. The predicted molar refractivity (Wildman–Crippen MR) is 98.9 cm³/mol. The highest BCUT2D eigenvalue weighted by atomic mass is 32.2. The Kier molecular flexibility index (Phi) is 6.16.